The maximum absolute atomic E-state index is 6.14. The van der Waals surface area contributed by atoms with E-state index in [0.29, 0.717) is 6.10 Å². The van der Waals surface area contributed by atoms with Crippen molar-refractivity contribution in [2.75, 3.05) is 0 Å². The molecule has 1 saturated heterocycles. The molecule has 2 nitrogen and oxygen atoms in total. The molecule has 2 rings (SSSR count). The summed E-state index contributed by atoms with van der Waals surface area (Å²) < 4.78 is 6.14. The Morgan fingerprint density at radius 2 is 1.79 bits per heavy atom. The fraction of sp³-hybridized carbons (Fsp3) is 1.00. The normalized spacial score (nSPS) is 35.8. The molecule has 2 aliphatic rings. The monoisotopic (exact) mass is 197 g/mol. The van der Waals surface area contributed by atoms with E-state index in [9.17, 15) is 0 Å². The standard InChI is InChI=1S/C12H23NO/c1-10-9-11(2,3)13-12(14-10)7-5-4-6-8-12/h10,13H,4-9H2,1-3H3. The van der Waals surface area contributed by atoms with Crippen molar-refractivity contribution in [2.24, 2.45) is 0 Å². The molecule has 0 amide bonds. The van der Waals surface area contributed by atoms with Crippen LogP contribution < -0.4 is 5.32 Å². The third-order valence-corrected chi connectivity index (χ3v) is 3.45. The van der Waals surface area contributed by atoms with Gasteiger partial charge in [-0.3, -0.25) is 5.32 Å². The largest absolute Gasteiger partial charge is 0.358 e. The molecule has 2 heteroatoms. The molecule has 1 unspecified atom stereocenters. The highest BCUT2D eigenvalue weighted by Gasteiger charge is 2.43. The van der Waals surface area contributed by atoms with Crippen LogP contribution in [0.3, 0.4) is 0 Å². The van der Waals surface area contributed by atoms with Crippen molar-refractivity contribution in [2.45, 2.75) is 76.7 Å². The highest BCUT2D eigenvalue weighted by molar-refractivity contribution is 4.95. The van der Waals surface area contributed by atoms with Crippen LogP contribution in [0.5, 0.6) is 0 Å². The van der Waals surface area contributed by atoms with Crippen molar-refractivity contribution in [3.05, 3.63) is 0 Å². The summed E-state index contributed by atoms with van der Waals surface area (Å²) in [6, 6.07) is 0. The van der Waals surface area contributed by atoms with Gasteiger partial charge in [-0.2, -0.15) is 0 Å². The van der Waals surface area contributed by atoms with Crippen LogP contribution in [0.1, 0.15) is 59.3 Å². The van der Waals surface area contributed by atoms with E-state index in [1.54, 1.807) is 0 Å². The molecule has 0 aromatic rings. The van der Waals surface area contributed by atoms with Gasteiger partial charge in [0.2, 0.25) is 0 Å². The molecule has 0 radical (unpaired) electrons. The minimum atomic E-state index is 0.0133. The number of rotatable bonds is 0. The molecular weight excluding hydrogens is 174 g/mol. The second-order valence-electron chi connectivity index (χ2n) is 5.70. The smallest absolute Gasteiger partial charge is 0.120 e. The van der Waals surface area contributed by atoms with Gasteiger partial charge in [-0.25, -0.2) is 0 Å². The zero-order valence-corrected chi connectivity index (χ0v) is 9.73. The maximum Gasteiger partial charge on any atom is 0.120 e. The summed E-state index contributed by atoms with van der Waals surface area (Å²) in [4.78, 5) is 0. The van der Waals surface area contributed by atoms with Gasteiger partial charge in [0, 0.05) is 5.54 Å². The SMILES string of the molecule is CC1CC(C)(C)NC2(CCCCC2)O1. The van der Waals surface area contributed by atoms with E-state index >= 15 is 0 Å². The van der Waals surface area contributed by atoms with Crippen molar-refractivity contribution >= 4 is 0 Å². The lowest BCUT2D eigenvalue weighted by Gasteiger charge is -2.50. The number of ether oxygens (including phenoxy) is 1. The summed E-state index contributed by atoms with van der Waals surface area (Å²) in [5, 5.41) is 3.72. The molecule has 2 fully saturated rings. The van der Waals surface area contributed by atoms with E-state index in [2.05, 4.69) is 26.1 Å². The maximum atomic E-state index is 6.14. The Morgan fingerprint density at radius 3 is 2.36 bits per heavy atom. The molecule has 14 heavy (non-hydrogen) atoms. The summed E-state index contributed by atoms with van der Waals surface area (Å²) in [5.74, 6) is 0. The van der Waals surface area contributed by atoms with Crippen LogP contribution in [-0.2, 0) is 4.74 Å². The average Bonchev–Trinajstić information content (AvgIpc) is 2.00. The molecule has 1 heterocycles. The lowest BCUT2D eigenvalue weighted by atomic mass is 9.84. The first-order valence-corrected chi connectivity index (χ1v) is 5.99. The first kappa shape index (κ1) is 10.4. The van der Waals surface area contributed by atoms with Crippen molar-refractivity contribution < 1.29 is 4.74 Å². The summed E-state index contributed by atoms with van der Waals surface area (Å²) in [6.45, 7) is 6.80. The topological polar surface area (TPSA) is 21.3 Å². The molecule has 1 atom stereocenters. The molecule has 0 aromatic carbocycles. The third-order valence-electron chi connectivity index (χ3n) is 3.45. The van der Waals surface area contributed by atoms with Gasteiger partial charge in [0.25, 0.3) is 0 Å². The van der Waals surface area contributed by atoms with Gasteiger partial charge in [-0.05, 0) is 52.9 Å². The number of hydrogen-bond acceptors (Lipinski definition) is 2. The molecule has 0 aromatic heterocycles. The fourth-order valence-corrected chi connectivity index (χ4v) is 3.21. The van der Waals surface area contributed by atoms with E-state index in [1.807, 2.05) is 0 Å². The quantitative estimate of drug-likeness (QED) is 0.644. The second kappa shape index (κ2) is 3.49. The van der Waals surface area contributed by atoms with Crippen LogP contribution in [0.2, 0.25) is 0 Å². The van der Waals surface area contributed by atoms with Crippen LogP contribution in [0, 0.1) is 0 Å². The van der Waals surface area contributed by atoms with Gasteiger partial charge in [-0.15, -0.1) is 0 Å². The molecule has 1 aliphatic heterocycles. The number of nitrogens with one attached hydrogen (secondary N) is 1. The van der Waals surface area contributed by atoms with Crippen LogP contribution in [0.4, 0.5) is 0 Å². The van der Waals surface area contributed by atoms with Gasteiger partial charge in [0.05, 0.1) is 6.10 Å². The Kier molecular flexibility index (Phi) is 2.61. The third kappa shape index (κ3) is 2.12. The molecule has 1 spiro atoms. The Hall–Kier alpha value is -0.0800. The van der Waals surface area contributed by atoms with Gasteiger partial charge < -0.3 is 4.74 Å². The first-order valence-electron chi connectivity index (χ1n) is 5.99. The van der Waals surface area contributed by atoms with Gasteiger partial charge >= 0.3 is 0 Å². The van der Waals surface area contributed by atoms with E-state index in [0.717, 1.165) is 6.42 Å². The predicted octanol–water partition coefficient (Wildman–Crippen LogP) is 2.82. The molecule has 82 valence electrons. The zero-order valence-electron chi connectivity index (χ0n) is 9.73. The summed E-state index contributed by atoms with van der Waals surface area (Å²) in [7, 11) is 0. The Balaban J connectivity index is 2.10. The molecule has 0 bridgehead atoms. The molecule has 1 saturated carbocycles. The lowest BCUT2D eigenvalue weighted by molar-refractivity contribution is -0.179. The highest BCUT2D eigenvalue weighted by atomic mass is 16.5. The van der Waals surface area contributed by atoms with E-state index in [4.69, 9.17) is 4.74 Å². The molecule has 1 N–H and O–H groups in total. The molecular formula is C12H23NO. The van der Waals surface area contributed by atoms with E-state index in [-0.39, 0.29) is 11.3 Å². The second-order valence-corrected chi connectivity index (χ2v) is 5.70. The Labute approximate surface area is 87.4 Å². The summed E-state index contributed by atoms with van der Waals surface area (Å²) in [6.07, 6.45) is 7.92. The van der Waals surface area contributed by atoms with Crippen LogP contribution in [-0.4, -0.2) is 17.4 Å². The van der Waals surface area contributed by atoms with Gasteiger partial charge in [-0.1, -0.05) is 6.42 Å². The predicted molar refractivity (Wildman–Crippen MR) is 58.2 cm³/mol. The van der Waals surface area contributed by atoms with Crippen molar-refractivity contribution in [3.8, 4) is 0 Å². The van der Waals surface area contributed by atoms with E-state index < -0.39 is 0 Å². The van der Waals surface area contributed by atoms with Crippen LogP contribution in [0.25, 0.3) is 0 Å². The Morgan fingerprint density at radius 1 is 1.14 bits per heavy atom. The highest BCUT2D eigenvalue weighted by Crippen LogP contribution is 2.37. The van der Waals surface area contributed by atoms with Crippen molar-refractivity contribution in [1.82, 2.24) is 5.32 Å². The number of hydrogen-bond donors (Lipinski definition) is 1. The van der Waals surface area contributed by atoms with E-state index in [1.165, 1.54) is 32.1 Å². The zero-order chi connectivity index (χ0) is 10.2. The van der Waals surface area contributed by atoms with Gasteiger partial charge in [0.15, 0.2) is 0 Å². The minimum Gasteiger partial charge on any atom is -0.358 e. The van der Waals surface area contributed by atoms with Crippen molar-refractivity contribution in [1.29, 1.82) is 0 Å². The lowest BCUT2D eigenvalue weighted by Crippen LogP contribution is -2.63. The molecule has 1 aliphatic carbocycles. The Bertz CT molecular complexity index is 206. The first-order chi connectivity index (χ1) is 6.52. The summed E-state index contributed by atoms with van der Waals surface area (Å²) >= 11 is 0. The van der Waals surface area contributed by atoms with Crippen molar-refractivity contribution in [3.63, 3.8) is 0 Å². The van der Waals surface area contributed by atoms with Gasteiger partial charge in [0.1, 0.15) is 5.72 Å². The fourth-order valence-electron chi connectivity index (χ4n) is 3.21. The average molecular weight is 197 g/mol. The van der Waals surface area contributed by atoms with Crippen LogP contribution in [0.15, 0.2) is 0 Å². The minimum absolute atomic E-state index is 0.0133. The van der Waals surface area contributed by atoms with Crippen LogP contribution >= 0.6 is 0 Å². The summed E-state index contributed by atoms with van der Waals surface area (Å²) in [5.41, 5.74) is 0.258.